The van der Waals surface area contributed by atoms with Crippen molar-refractivity contribution in [3.05, 3.63) is 81.6 Å². The summed E-state index contributed by atoms with van der Waals surface area (Å²) in [5.74, 6) is 0.853. The van der Waals surface area contributed by atoms with E-state index in [2.05, 4.69) is 22.3 Å². The summed E-state index contributed by atoms with van der Waals surface area (Å²) in [6, 6.07) is 16.1. The van der Waals surface area contributed by atoms with Gasteiger partial charge in [0.2, 0.25) is 0 Å². The average molecular weight is 489 g/mol. The molecule has 0 radical (unpaired) electrons. The summed E-state index contributed by atoms with van der Waals surface area (Å²) in [7, 11) is 1.60. The third-order valence-corrected chi connectivity index (χ3v) is 6.45. The highest BCUT2D eigenvalue weighted by atomic mass is 35.5. The fourth-order valence-corrected chi connectivity index (χ4v) is 4.54. The van der Waals surface area contributed by atoms with Gasteiger partial charge in [-0.3, -0.25) is 0 Å². The second-order valence-electron chi connectivity index (χ2n) is 8.04. The van der Waals surface area contributed by atoms with E-state index in [1.54, 1.807) is 13.2 Å². The van der Waals surface area contributed by atoms with Crippen molar-refractivity contribution in [2.45, 2.75) is 32.4 Å². The number of hydrogen-bond acceptors (Lipinski definition) is 4. The quantitative estimate of drug-likeness (QED) is 0.360. The molecule has 1 aliphatic rings. The van der Waals surface area contributed by atoms with Crippen LogP contribution in [0.5, 0.6) is 11.5 Å². The summed E-state index contributed by atoms with van der Waals surface area (Å²) in [5.41, 5.74) is 3.63. The van der Waals surface area contributed by atoms with Gasteiger partial charge in [0.05, 0.1) is 22.8 Å². The van der Waals surface area contributed by atoms with Crippen LogP contribution in [0.1, 0.15) is 30.4 Å². The van der Waals surface area contributed by atoms with E-state index in [0.29, 0.717) is 28.6 Å². The van der Waals surface area contributed by atoms with Crippen LogP contribution in [0.4, 0.5) is 15.8 Å². The Hall–Kier alpha value is -2.63. The van der Waals surface area contributed by atoms with Crippen molar-refractivity contribution < 1.29 is 13.9 Å². The van der Waals surface area contributed by atoms with Crippen LogP contribution in [0.2, 0.25) is 10.0 Å². The molecule has 1 saturated heterocycles. The molecule has 0 saturated carbocycles. The summed E-state index contributed by atoms with van der Waals surface area (Å²) >= 11 is 12.8. The van der Waals surface area contributed by atoms with Gasteiger partial charge < -0.3 is 19.7 Å². The summed E-state index contributed by atoms with van der Waals surface area (Å²) in [4.78, 5) is 2.35. The van der Waals surface area contributed by atoms with E-state index >= 15 is 0 Å². The van der Waals surface area contributed by atoms with E-state index in [9.17, 15) is 4.39 Å². The number of para-hydroxylation sites is 1. The van der Waals surface area contributed by atoms with E-state index in [1.807, 2.05) is 24.3 Å². The fourth-order valence-electron chi connectivity index (χ4n) is 4.02. The van der Waals surface area contributed by atoms with Gasteiger partial charge in [-0.15, -0.1) is 0 Å². The van der Waals surface area contributed by atoms with Gasteiger partial charge in [-0.1, -0.05) is 41.4 Å². The van der Waals surface area contributed by atoms with Crippen molar-refractivity contribution in [1.29, 1.82) is 0 Å². The topological polar surface area (TPSA) is 33.7 Å². The SMILES string of the molecule is COc1cccc(CNc2ccc(N3CCCCC3)c(Cl)c2)c1OCc1ccc(F)cc1Cl. The number of benzene rings is 3. The van der Waals surface area contributed by atoms with Crippen molar-refractivity contribution in [2.75, 3.05) is 30.4 Å². The number of hydrogen-bond donors (Lipinski definition) is 1. The van der Waals surface area contributed by atoms with Crippen LogP contribution >= 0.6 is 23.2 Å². The van der Waals surface area contributed by atoms with Crippen LogP contribution in [0.3, 0.4) is 0 Å². The predicted molar refractivity (Wildman–Crippen MR) is 134 cm³/mol. The molecule has 0 unspecified atom stereocenters. The molecule has 1 heterocycles. The Morgan fingerprint density at radius 2 is 1.76 bits per heavy atom. The Kier molecular flexibility index (Phi) is 7.84. The number of rotatable bonds is 8. The molecule has 0 spiro atoms. The molecule has 3 aromatic carbocycles. The molecule has 0 bridgehead atoms. The van der Waals surface area contributed by atoms with E-state index in [-0.39, 0.29) is 12.4 Å². The molecule has 174 valence electrons. The van der Waals surface area contributed by atoms with Crippen LogP contribution < -0.4 is 19.7 Å². The summed E-state index contributed by atoms with van der Waals surface area (Å²) < 4.78 is 24.9. The van der Waals surface area contributed by atoms with E-state index in [0.717, 1.165) is 35.1 Å². The van der Waals surface area contributed by atoms with E-state index < -0.39 is 0 Å². The lowest BCUT2D eigenvalue weighted by molar-refractivity contribution is 0.281. The maximum atomic E-state index is 13.3. The van der Waals surface area contributed by atoms with Gasteiger partial charge in [0, 0.05) is 36.4 Å². The standard InChI is InChI=1S/C26H27Cl2FN2O2/c1-32-25-7-5-6-18(26(25)33-17-19-8-9-20(29)14-22(19)27)16-30-21-10-11-24(23(28)15-21)31-12-3-2-4-13-31/h5-11,14-15,30H,2-4,12-13,16-17H2,1H3. The number of nitrogens with zero attached hydrogens (tertiary/aromatic N) is 1. The van der Waals surface area contributed by atoms with Gasteiger partial charge in [-0.2, -0.15) is 0 Å². The highest BCUT2D eigenvalue weighted by Gasteiger charge is 2.15. The van der Waals surface area contributed by atoms with Crippen molar-refractivity contribution >= 4 is 34.6 Å². The zero-order chi connectivity index (χ0) is 23.2. The molecule has 4 nitrogen and oxygen atoms in total. The number of halogens is 3. The Bertz CT molecular complexity index is 1100. The molecular weight excluding hydrogens is 462 g/mol. The maximum Gasteiger partial charge on any atom is 0.166 e. The third kappa shape index (κ3) is 5.84. The minimum absolute atomic E-state index is 0.197. The smallest absolute Gasteiger partial charge is 0.166 e. The maximum absolute atomic E-state index is 13.3. The molecule has 1 aliphatic heterocycles. The lowest BCUT2D eigenvalue weighted by Gasteiger charge is -2.29. The second-order valence-corrected chi connectivity index (χ2v) is 8.85. The molecule has 0 aliphatic carbocycles. The highest BCUT2D eigenvalue weighted by Crippen LogP contribution is 2.34. The zero-order valence-electron chi connectivity index (χ0n) is 18.5. The first kappa shape index (κ1) is 23.5. The van der Waals surface area contributed by atoms with Crippen LogP contribution in [0, 0.1) is 5.82 Å². The first-order valence-electron chi connectivity index (χ1n) is 11.1. The van der Waals surface area contributed by atoms with Crippen LogP contribution in [0.25, 0.3) is 0 Å². The Labute approximate surface area is 204 Å². The largest absolute Gasteiger partial charge is 0.493 e. The zero-order valence-corrected chi connectivity index (χ0v) is 20.1. The van der Waals surface area contributed by atoms with E-state index in [1.165, 1.54) is 31.4 Å². The second kappa shape index (κ2) is 11.0. The molecule has 1 N–H and O–H groups in total. The van der Waals surface area contributed by atoms with Gasteiger partial charge in [-0.25, -0.2) is 4.39 Å². The molecule has 0 atom stereocenters. The Morgan fingerprint density at radius 1 is 0.939 bits per heavy atom. The summed E-state index contributed by atoms with van der Waals surface area (Å²) in [6.45, 7) is 2.82. The van der Waals surface area contributed by atoms with Gasteiger partial charge in [0.1, 0.15) is 12.4 Å². The molecule has 7 heteroatoms. The average Bonchev–Trinajstić information content (AvgIpc) is 2.83. The number of nitrogens with one attached hydrogen (secondary N) is 1. The van der Waals surface area contributed by atoms with Crippen LogP contribution in [-0.4, -0.2) is 20.2 Å². The monoisotopic (exact) mass is 488 g/mol. The normalized spacial score (nSPS) is 13.6. The molecule has 0 aromatic heterocycles. The minimum atomic E-state index is -0.379. The number of anilines is 2. The fraction of sp³-hybridized carbons (Fsp3) is 0.308. The third-order valence-electron chi connectivity index (χ3n) is 5.79. The molecule has 0 amide bonds. The molecule has 4 rings (SSSR count). The van der Waals surface area contributed by atoms with Crippen LogP contribution in [0.15, 0.2) is 54.6 Å². The highest BCUT2D eigenvalue weighted by molar-refractivity contribution is 6.33. The number of methoxy groups -OCH3 is 1. The van der Waals surface area contributed by atoms with E-state index in [4.69, 9.17) is 32.7 Å². The molecule has 3 aromatic rings. The Balaban J connectivity index is 1.47. The minimum Gasteiger partial charge on any atom is -0.493 e. The predicted octanol–water partition coefficient (Wildman–Crippen LogP) is 7.32. The van der Waals surface area contributed by atoms with Crippen LogP contribution in [-0.2, 0) is 13.2 Å². The molecular formula is C26H27Cl2FN2O2. The lowest BCUT2D eigenvalue weighted by Crippen LogP contribution is -2.29. The van der Waals surface area contributed by atoms with Gasteiger partial charge >= 0.3 is 0 Å². The number of piperidine rings is 1. The molecule has 33 heavy (non-hydrogen) atoms. The summed E-state index contributed by atoms with van der Waals surface area (Å²) in [6.07, 6.45) is 3.70. The molecule has 1 fully saturated rings. The summed E-state index contributed by atoms with van der Waals surface area (Å²) in [5, 5.41) is 4.50. The first-order valence-corrected chi connectivity index (χ1v) is 11.8. The number of ether oxygens (including phenoxy) is 2. The van der Waals surface area contributed by atoms with Crippen molar-refractivity contribution in [1.82, 2.24) is 0 Å². The van der Waals surface area contributed by atoms with Crippen molar-refractivity contribution in [3.63, 3.8) is 0 Å². The van der Waals surface area contributed by atoms with Crippen molar-refractivity contribution in [3.8, 4) is 11.5 Å². The van der Waals surface area contributed by atoms with Gasteiger partial charge in [-0.05, 0) is 55.7 Å². The van der Waals surface area contributed by atoms with Gasteiger partial charge in [0.25, 0.3) is 0 Å². The Morgan fingerprint density at radius 3 is 2.48 bits per heavy atom. The van der Waals surface area contributed by atoms with Gasteiger partial charge in [0.15, 0.2) is 11.5 Å². The van der Waals surface area contributed by atoms with Crippen molar-refractivity contribution in [2.24, 2.45) is 0 Å². The lowest BCUT2D eigenvalue weighted by atomic mass is 10.1. The first-order chi connectivity index (χ1) is 16.0.